The highest BCUT2D eigenvalue weighted by Crippen LogP contribution is 2.32. The third-order valence-corrected chi connectivity index (χ3v) is 3.38. The Bertz CT molecular complexity index is 697. The summed E-state index contributed by atoms with van der Waals surface area (Å²) in [4.78, 5) is 8.47. The molecule has 0 bridgehead atoms. The molecule has 0 amide bonds. The number of benzene rings is 1. The summed E-state index contributed by atoms with van der Waals surface area (Å²) in [6.07, 6.45) is 2.62. The van der Waals surface area contributed by atoms with Gasteiger partial charge in [-0.1, -0.05) is 6.07 Å². The smallest absolute Gasteiger partial charge is 0.193 e. The number of nitrogens with two attached hydrogens (primary N) is 1. The normalized spacial score (nSPS) is 13.4. The number of nitrogens with zero attached hydrogens (tertiary/aromatic N) is 2. The second-order valence-corrected chi connectivity index (χ2v) is 5.25. The Morgan fingerprint density at radius 3 is 2.80 bits per heavy atom. The van der Waals surface area contributed by atoms with Gasteiger partial charge in [-0.3, -0.25) is 4.99 Å². The first-order valence-corrected chi connectivity index (χ1v) is 7.93. The van der Waals surface area contributed by atoms with E-state index in [0.717, 1.165) is 29.4 Å². The van der Waals surface area contributed by atoms with E-state index < -0.39 is 0 Å². The number of hydrogen-bond donors (Lipinski definition) is 3. The van der Waals surface area contributed by atoms with Crippen LogP contribution < -0.4 is 25.8 Å². The lowest BCUT2D eigenvalue weighted by Gasteiger charge is -2.11. The molecule has 0 atom stereocenters. The Morgan fingerprint density at radius 1 is 1.16 bits per heavy atom. The summed E-state index contributed by atoms with van der Waals surface area (Å²) in [5.41, 5.74) is 6.73. The van der Waals surface area contributed by atoms with E-state index in [1.165, 1.54) is 0 Å². The fourth-order valence-corrected chi connectivity index (χ4v) is 2.26. The van der Waals surface area contributed by atoms with Crippen LogP contribution in [0.4, 0.5) is 11.5 Å². The van der Waals surface area contributed by atoms with Crippen LogP contribution in [0.5, 0.6) is 11.5 Å². The van der Waals surface area contributed by atoms with Gasteiger partial charge in [-0.15, -0.1) is 24.0 Å². The van der Waals surface area contributed by atoms with E-state index in [1.807, 2.05) is 36.4 Å². The Kier molecular flexibility index (Phi) is 7.58. The Balaban J connectivity index is 0.00000225. The van der Waals surface area contributed by atoms with Crippen molar-refractivity contribution >= 4 is 41.4 Å². The van der Waals surface area contributed by atoms with Crippen LogP contribution in [0.15, 0.2) is 47.6 Å². The van der Waals surface area contributed by atoms with Crippen LogP contribution in [0.1, 0.15) is 6.42 Å². The zero-order valence-electron chi connectivity index (χ0n) is 13.8. The standard InChI is InChI=1S/C17H21N5O2.HI/c18-17(21-9-8-20-16-4-1-2-7-19-16)22-13-5-6-14-15(12-13)24-11-3-10-23-14;/h1-2,4-7,12H,3,8-11H2,(H,19,20)(H3,18,21,22);1H. The molecule has 0 fully saturated rings. The minimum atomic E-state index is 0. The van der Waals surface area contributed by atoms with E-state index >= 15 is 0 Å². The number of anilines is 2. The summed E-state index contributed by atoms with van der Waals surface area (Å²) in [7, 11) is 0. The van der Waals surface area contributed by atoms with Crippen LogP contribution in [-0.2, 0) is 0 Å². The molecule has 2 heterocycles. The van der Waals surface area contributed by atoms with Crippen molar-refractivity contribution in [3.8, 4) is 11.5 Å². The Hall–Kier alpha value is -2.23. The highest BCUT2D eigenvalue weighted by atomic mass is 127. The summed E-state index contributed by atoms with van der Waals surface area (Å²) in [5, 5.41) is 6.23. The van der Waals surface area contributed by atoms with Gasteiger partial charge in [0.25, 0.3) is 0 Å². The van der Waals surface area contributed by atoms with Gasteiger partial charge in [0.05, 0.1) is 19.8 Å². The van der Waals surface area contributed by atoms with Crippen molar-refractivity contribution in [3.63, 3.8) is 0 Å². The van der Waals surface area contributed by atoms with E-state index in [-0.39, 0.29) is 24.0 Å². The zero-order valence-corrected chi connectivity index (χ0v) is 16.1. The highest BCUT2D eigenvalue weighted by molar-refractivity contribution is 14.0. The molecule has 7 nitrogen and oxygen atoms in total. The highest BCUT2D eigenvalue weighted by Gasteiger charge is 2.10. The molecule has 0 saturated heterocycles. The van der Waals surface area contributed by atoms with Crippen LogP contribution in [0.3, 0.4) is 0 Å². The first kappa shape index (κ1) is 19.1. The number of aromatic nitrogens is 1. The molecule has 25 heavy (non-hydrogen) atoms. The van der Waals surface area contributed by atoms with Gasteiger partial charge in [-0.2, -0.15) is 0 Å². The van der Waals surface area contributed by atoms with Crippen LogP contribution in [0.25, 0.3) is 0 Å². The van der Waals surface area contributed by atoms with Gasteiger partial charge in [0.1, 0.15) is 5.82 Å². The van der Waals surface area contributed by atoms with Crippen molar-refractivity contribution in [3.05, 3.63) is 42.6 Å². The molecule has 1 aromatic carbocycles. The molecule has 1 aliphatic rings. The predicted molar refractivity (Wildman–Crippen MR) is 110 cm³/mol. The first-order valence-electron chi connectivity index (χ1n) is 7.93. The summed E-state index contributed by atoms with van der Waals surface area (Å²) in [6, 6.07) is 11.3. The fraction of sp³-hybridized carbons (Fsp3) is 0.294. The molecule has 1 aliphatic heterocycles. The minimum Gasteiger partial charge on any atom is -0.490 e. The fourth-order valence-electron chi connectivity index (χ4n) is 2.26. The van der Waals surface area contributed by atoms with Gasteiger partial charge in [0.2, 0.25) is 0 Å². The van der Waals surface area contributed by atoms with Gasteiger partial charge in [0, 0.05) is 30.9 Å². The zero-order chi connectivity index (χ0) is 16.6. The van der Waals surface area contributed by atoms with E-state index in [4.69, 9.17) is 15.2 Å². The van der Waals surface area contributed by atoms with Gasteiger partial charge in [0.15, 0.2) is 17.5 Å². The van der Waals surface area contributed by atoms with Gasteiger partial charge >= 0.3 is 0 Å². The van der Waals surface area contributed by atoms with Gasteiger partial charge in [-0.25, -0.2) is 4.98 Å². The first-order chi connectivity index (χ1) is 11.8. The van der Waals surface area contributed by atoms with E-state index in [1.54, 1.807) is 6.20 Å². The van der Waals surface area contributed by atoms with Crippen LogP contribution in [0.2, 0.25) is 0 Å². The maximum Gasteiger partial charge on any atom is 0.193 e. The molecule has 8 heteroatoms. The van der Waals surface area contributed by atoms with Crippen molar-refractivity contribution in [1.29, 1.82) is 0 Å². The van der Waals surface area contributed by atoms with Crippen molar-refractivity contribution in [2.24, 2.45) is 10.7 Å². The van der Waals surface area contributed by atoms with Gasteiger partial charge < -0.3 is 25.8 Å². The van der Waals surface area contributed by atoms with Gasteiger partial charge in [-0.05, 0) is 24.3 Å². The summed E-state index contributed by atoms with van der Waals surface area (Å²) < 4.78 is 11.3. The molecule has 134 valence electrons. The summed E-state index contributed by atoms with van der Waals surface area (Å²) in [6.45, 7) is 2.52. The molecule has 0 aliphatic carbocycles. The summed E-state index contributed by atoms with van der Waals surface area (Å²) >= 11 is 0. The second kappa shape index (κ2) is 9.92. The van der Waals surface area contributed by atoms with E-state index in [9.17, 15) is 0 Å². The van der Waals surface area contributed by atoms with E-state index in [0.29, 0.717) is 32.3 Å². The van der Waals surface area contributed by atoms with Crippen molar-refractivity contribution in [1.82, 2.24) is 4.98 Å². The largest absolute Gasteiger partial charge is 0.490 e. The molecule has 0 radical (unpaired) electrons. The monoisotopic (exact) mass is 455 g/mol. The van der Waals surface area contributed by atoms with Crippen LogP contribution in [-0.4, -0.2) is 37.2 Å². The average Bonchev–Trinajstić information content (AvgIpc) is 2.84. The quantitative estimate of drug-likeness (QED) is 0.278. The molecular formula is C17H22IN5O2. The van der Waals surface area contributed by atoms with Crippen LogP contribution in [0, 0.1) is 0 Å². The van der Waals surface area contributed by atoms with Crippen LogP contribution >= 0.6 is 24.0 Å². The maximum absolute atomic E-state index is 5.92. The number of rotatable bonds is 5. The van der Waals surface area contributed by atoms with Crippen molar-refractivity contribution in [2.75, 3.05) is 36.9 Å². The molecule has 0 spiro atoms. The lowest BCUT2D eigenvalue weighted by atomic mass is 10.3. The third kappa shape index (κ3) is 5.96. The Morgan fingerprint density at radius 2 is 2.00 bits per heavy atom. The number of aliphatic imine (C=N–C) groups is 1. The molecule has 0 unspecified atom stereocenters. The number of fused-ring (bicyclic) bond motifs is 1. The SMILES string of the molecule is I.NC(=NCCNc1ccccn1)Nc1ccc2c(c1)OCCCO2. The molecule has 4 N–H and O–H groups in total. The molecule has 2 aromatic rings. The number of ether oxygens (including phenoxy) is 2. The molecule has 0 saturated carbocycles. The lowest BCUT2D eigenvalue weighted by Crippen LogP contribution is -2.23. The number of guanidine groups is 1. The number of halogens is 1. The maximum atomic E-state index is 5.92. The average molecular weight is 455 g/mol. The summed E-state index contributed by atoms with van der Waals surface area (Å²) in [5.74, 6) is 2.66. The second-order valence-electron chi connectivity index (χ2n) is 5.25. The number of pyridine rings is 1. The number of hydrogen-bond acceptors (Lipinski definition) is 5. The molecule has 1 aromatic heterocycles. The topological polar surface area (TPSA) is 93.8 Å². The lowest BCUT2D eigenvalue weighted by molar-refractivity contribution is 0.297. The minimum absolute atomic E-state index is 0. The number of nitrogens with one attached hydrogen (secondary N) is 2. The molecular weight excluding hydrogens is 433 g/mol. The van der Waals surface area contributed by atoms with Crippen molar-refractivity contribution < 1.29 is 9.47 Å². The molecule has 3 rings (SSSR count). The van der Waals surface area contributed by atoms with E-state index in [2.05, 4.69) is 20.6 Å². The predicted octanol–water partition coefficient (Wildman–Crippen LogP) is 2.70. The third-order valence-electron chi connectivity index (χ3n) is 3.38. The Labute approximate surface area is 164 Å². The van der Waals surface area contributed by atoms with Crippen molar-refractivity contribution in [2.45, 2.75) is 6.42 Å².